The van der Waals surface area contributed by atoms with Gasteiger partial charge in [0.25, 0.3) is 0 Å². The van der Waals surface area contributed by atoms with Crippen LogP contribution in [-0.4, -0.2) is 53.2 Å². The van der Waals surface area contributed by atoms with Gasteiger partial charge in [0.2, 0.25) is 0 Å². The van der Waals surface area contributed by atoms with E-state index < -0.39 is 0 Å². The maximum absolute atomic E-state index is 11.6. The molecule has 1 aromatic rings. The van der Waals surface area contributed by atoms with E-state index in [2.05, 4.69) is 15.7 Å². The average molecular weight is 310 g/mol. The van der Waals surface area contributed by atoms with Crippen LogP contribution in [0.25, 0.3) is 0 Å². The SMILES string of the molecule is CCOC(=O)Cn1nc(C)c(CNCC2CNCC2O)c1C. The number of aliphatic hydroxyl groups excluding tert-OH is 1. The Morgan fingerprint density at radius 3 is 2.91 bits per heavy atom. The van der Waals surface area contributed by atoms with Crippen molar-refractivity contribution in [3.8, 4) is 0 Å². The van der Waals surface area contributed by atoms with Crippen LogP contribution in [0.5, 0.6) is 0 Å². The second kappa shape index (κ2) is 7.71. The molecule has 7 heteroatoms. The molecule has 1 aliphatic rings. The number of aryl methyl sites for hydroxylation is 1. The molecule has 0 spiro atoms. The van der Waals surface area contributed by atoms with Crippen LogP contribution in [-0.2, 0) is 22.6 Å². The Labute approximate surface area is 131 Å². The number of hydrogen-bond donors (Lipinski definition) is 3. The lowest BCUT2D eigenvalue weighted by Gasteiger charge is -2.14. The smallest absolute Gasteiger partial charge is 0.327 e. The standard InChI is InChI=1S/C15H26N4O3/c1-4-22-15(21)9-19-11(3)13(10(2)18-19)7-16-5-12-6-17-8-14(12)20/h12,14,16-17,20H,4-9H2,1-3H3. The third-order valence-corrected chi connectivity index (χ3v) is 4.13. The molecular formula is C15H26N4O3. The molecule has 2 unspecified atom stereocenters. The Bertz CT molecular complexity index is 515. The lowest BCUT2D eigenvalue weighted by atomic mass is 10.1. The second-order valence-corrected chi connectivity index (χ2v) is 5.73. The molecule has 7 nitrogen and oxygen atoms in total. The molecule has 1 fully saturated rings. The Hall–Kier alpha value is -1.44. The van der Waals surface area contributed by atoms with E-state index in [9.17, 15) is 9.90 Å². The lowest BCUT2D eigenvalue weighted by Crippen LogP contribution is -2.30. The zero-order valence-electron chi connectivity index (χ0n) is 13.6. The van der Waals surface area contributed by atoms with Crippen molar-refractivity contribution in [3.05, 3.63) is 17.0 Å². The summed E-state index contributed by atoms with van der Waals surface area (Å²) in [5, 5.41) is 20.7. The monoisotopic (exact) mass is 310 g/mol. The van der Waals surface area contributed by atoms with E-state index in [0.29, 0.717) is 19.7 Å². The highest BCUT2D eigenvalue weighted by atomic mass is 16.5. The number of aliphatic hydroxyl groups is 1. The fourth-order valence-electron chi connectivity index (χ4n) is 2.78. The van der Waals surface area contributed by atoms with Crippen molar-refractivity contribution in [2.24, 2.45) is 5.92 Å². The van der Waals surface area contributed by atoms with E-state index in [4.69, 9.17) is 4.74 Å². The number of carbonyl (C=O) groups is 1. The number of ether oxygens (including phenoxy) is 1. The first-order valence-corrected chi connectivity index (χ1v) is 7.81. The Kier molecular flexibility index (Phi) is 5.93. The fraction of sp³-hybridized carbons (Fsp3) is 0.733. The average Bonchev–Trinajstić information content (AvgIpc) is 2.98. The molecule has 1 saturated heterocycles. The molecule has 0 amide bonds. The molecule has 0 saturated carbocycles. The quantitative estimate of drug-likeness (QED) is 0.601. The first-order chi connectivity index (χ1) is 10.5. The molecule has 0 aromatic carbocycles. The van der Waals surface area contributed by atoms with Crippen LogP contribution in [0.4, 0.5) is 0 Å². The third-order valence-electron chi connectivity index (χ3n) is 4.13. The Balaban J connectivity index is 1.90. The van der Waals surface area contributed by atoms with Crippen LogP contribution in [0.1, 0.15) is 23.9 Å². The van der Waals surface area contributed by atoms with Gasteiger partial charge in [-0.1, -0.05) is 0 Å². The normalized spacial score (nSPS) is 21.3. The van der Waals surface area contributed by atoms with E-state index in [1.54, 1.807) is 11.6 Å². The molecule has 2 atom stereocenters. The van der Waals surface area contributed by atoms with Gasteiger partial charge in [0.15, 0.2) is 0 Å². The van der Waals surface area contributed by atoms with Gasteiger partial charge in [-0.15, -0.1) is 0 Å². The molecule has 124 valence electrons. The minimum Gasteiger partial charge on any atom is -0.465 e. The van der Waals surface area contributed by atoms with Gasteiger partial charge in [-0.3, -0.25) is 9.48 Å². The third kappa shape index (κ3) is 4.06. The van der Waals surface area contributed by atoms with Crippen LogP contribution in [0.3, 0.4) is 0 Å². The summed E-state index contributed by atoms with van der Waals surface area (Å²) in [4.78, 5) is 11.6. The number of carbonyl (C=O) groups excluding carboxylic acids is 1. The molecule has 0 radical (unpaired) electrons. The highest BCUT2D eigenvalue weighted by Gasteiger charge is 2.24. The minimum atomic E-state index is -0.277. The largest absolute Gasteiger partial charge is 0.465 e. The predicted molar refractivity (Wildman–Crippen MR) is 82.4 cm³/mol. The molecule has 22 heavy (non-hydrogen) atoms. The number of esters is 1. The molecule has 1 aliphatic heterocycles. The number of nitrogens with zero attached hydrogens (tertiary/aromatic N) is 2. The van der Waals surface area contributed by atoms with Crippen LogP contribution >= 0.6 is 0 Å². The Morgan fingerprint density at radius 2 is 2.27 bits per heavy atom. The summed E-state index contributed by atoms with van der Waals surface area (Å²) < 4.78 is 6.65. The van der Waals surface area contributed by atoms with Gasteiger partial charge < -0.3 is 20.5 Å². The summed E-state index contributed by atoms with van der Waals surface area (Å²) in [5.41, 5.74) is 2.99. The summed E-state index contributed by atoms with van der Waals surface area (Å²) in [6.07, 6.45) is -0.277. The molecule has 2 heterocycles. The van der Waals surface area contributed by atoms with Crippen molar-refractivity contribution >= 4 is 5.97 Å². The number of nitrogens with one attached hydrogen (secondary N) is 2. The lowest BCUT2D eigenvalue weighted by molar-refractivity contribution is -0.144. The summed E-state index contributed by atoms with van der Waals surface area (Å²) in [6, 6.07) is 0. The van der Waals surface area contributed by atoms with E-state index in [1.807, 2.05) is 13.8 Å². The first kappa shape index (κ1) is 16.9. The van der Waals surface area contributed by atoms with Crippen molar-refractivity contribution < 1.29 is 14.6 Å². The minimum absolute atomic E-state index is 0.145. The van der Waals surface area contributed by atoms with E-state index in [1.165, 1.54) is 0 Å². The van der Waals surface area contributed by atoms with Crippen molar-refractivity contribution in [1.82, 2.24) is 20.4 Å². The van der Waals surface area contributed by atoms with Gasteiger partial charge in [-0.25, -0.2) is 0 Å². The number of rotatable bonds is 7. The highest BCUT2D eigenvalue weighted by molar-refractivity contribution is 5.69. The predicted octanol–water partition coefficient (Wildman–Crippen LogP) is -0.267. The zero-order chi connectivity index (χ0) is 16.1. The van der Waals surface area contributed by atoms with E-state index in [0.717, 1.165) is 30.0 Å². The topological polar surface area (TPSA) is 88.4 Å². The molecule has 1 aromatic heterocycles. The molecule has 0 aliphatic carbocycles. The Morgan fingerprint density at radius 1 is 1.50 bits per heavy atom. The molecule has 2 rings (SSSR count). The fourth-order valence-corrected chi connectivity index (χ4v) is 2.78. The summed E-state index contributed by atoms with van der Waals surface area (Å²) in [5.74, 6) is -0.0250. The maximum Gasteiger partial charge on any atom is 0.327 e. The number of aromatic nitrogens is 2. The summed E-state index contributed by atoms with van der Waals surface area (Å²) in [6.45, 7) is 9.17. The van der Waals surface area contributed by atoms with Crippen LogP contribution in [0.15, 0.2) is 0 Å². The van der Waals surface area contributed by atoms with Crippen molar-refractivity contribution in [2.75, 3.05) is 26.2 Å². The maximum atomic E-state index is 11.6. The first-order valence-electron chi connectivity index (χ1n) is 7.81. The van der Waals surface area contributed by atoms with Gasteiger partial charge in [0.1, 0.15) is 6.54 Å². The summed E-state index contributed by atoms with van der Waals surface area (Å²) >= 11 is 0. The van der Waals surface area contributed by atoms with E-state index >= 15 is 0 Å². The van der Waals surface area contributed by atoms with Gasteiger partial charge in [-0.05, 0) is 20.8 Å². The van der Waals surface area contributed by atoms with Crippen molar-refractivity contribution in [3.63, 3.8) is 0 Å². The van der Waals surface area contributed by atoms with Crippen LogP contribution in [0, 0.1) is 19.8 Å². The van der Waals surface area contributed by atoms with Gasteiger partial charge in [-0.2, -0.15) is 5.10 Å². The van der Waals surface area contributed by atoms with Gasteiger partial charge >= 0.3 is 5.97 Å². The zero-order valence-corrected chi connectivity index (χ0v) is 13.6. The molecule has 3 N–H and O–H groups in total. The highest BCUT2D eigenvalue weighted by Crippen LogP contribution is 2.14. The summed E-state index contributed by atoms with van der Waals surface area (Å²) in [7, 11) is 0. The van der Waals surface area contributed by atoms with Crippen molar-refractivity contribution in [2.45, 2.75) is 40.0 Å². The van der Waals surface area contributed by atoms with Crippen LogP contribution in [0.2, 0.25) is 0 Å². The molecule has 0 bridgehead atoms. The van der Waals surface area contributed by atoms with Crippen molar-refractivity contribution in [1.29, 1.82) is 0 Å². The number of hydrogen-bond acceptors (Lipinski definition) is 6. The van der Waals surface area contributed by atoms with Gasteiger partial charge in [0.05, 0.1) is 18.4 Å². The number of β-amino-alcohol motifs (C(OH)–C–C–N with tert-alkyl or cyclic N) is 1. The second-order valence-electron chi connectivity index (χ2n) is 5.73. The van der Waals surface area contributed by atoms with Crippen LogP contribution < -0.4 is 10.6 Å². The van der Waals surface area contributed by atoms with E-state index in [-0.39, 0.29) is 24.5 Å². The van der Waals surface area contributed by atoms with Gasteiger partial charge in [0, 0.05) is 43.4 Å². The molecular weight excluding hydrogens is 284 g/mol.